The maximum atomic E-state index is 12.1. The molecule has 5 heteroatoms. The number of hydrogen-bond acceptors (Lipinski definition) is 4. The van der Waals surface area contributed by atoms with Gasteiger partial charge in [-0.2, -0.15) is 0 Å². The van der Waals surface area contributed by atoms with Crippen LogP contribution in [-0.2, 0) is 24.2 Å². The van der Waals surface area contributed by atoms with Crippen molar-refractivity contribution in [2.45, 2.75) is 39.5 Å². The average molecular weight is 237 g/mol. The van der Waals surface area contributed by atoms with Gasteiger partial charge in [-0.25, -0.2) is 4.98 Å². The van der Waals surface area contributed by atoms with E-state index in [4.69, 9.17) is 4.74 Å². The Morgan fingerprint density at radius 1 is 1.59 bits per heavy atom. The Balaban J connectivity index is 2.11. The molecule has 0 amide bonds. The fraction of sp³-hybridized carbons (Fsp3) is 0.667. The van der Waals surface area contributed by atoms with Gasteiger partial charge in [-0.05, 0) is 26.8 Å². The summed E-state index contributed by atoms with van der Waals surface area (Å²) < 4.78 is 7.09. The molecular formula is C12H19N3O2. The molecule has 5 nitrogen and oxygen atoms in total. The van der Waals surface area contributed by atoms with Gasteiger partial charge in [-0.15, -0.1) is 0 Å². The van der Waals surface area contributed by atoms with E-state index >= 15 is 0 Å². The molecule has 1 aliphatic rings. The average Bonchev–Trinajstić information content (AvgIpc) is 2.32. The van der Waals surface area contributed by atoms with Crippen LogP contribution in [0.25, 0.3) is 0 Å². The van der Waals surface area contributed by atoms with Gasteiger partial charge in [0.15, 0.2) is 0 Å². The number of hydrogen-bond donors (Lipinski definition) is 1. The van der Waals surface area contributed by atoms with E-state index < -0.39 is 0 Å². The van der Waals surface area contributed by atoms with Gasteiger partial charge in [0.25, 0.3) is 5.56 Å². The SMILES string of the molecule is CC(C)OCCn1cnc2c(c1=O)CCNC2. The summed E-state index contributed by atoms with van der Waals surface area (Å²) in [5.74, 6) is 0. The Morgan fingerprint density at radius 3 is 3.18 bits per heavy atom. The van der Waals surface area contributed by atoms with Gasteiger partial charge in [0, 0.05) is 12.1 Å². The second-order valence-electron chi connectivity index (χ2n) is 4.51. The van der Waals surface area contributed by atoms with Crippen LogP contribution in [0.2, 0.25) is 0 Å². The lowest BCUT2D eigenvalue weighted by atomic mass is 10.1. The zero-order chi connectivity index (χ0) is 12.3. The molecule has 2 heterocycles. The van der Waals surface area contributed by atoms with Crippen molar-refractivity contribution in [3.63, 3.8) is 0 Å². The Labute approximate surface area is 101 Å². The van der Waals surface area contributed by atoms with E-state index in [2.05, 4.69) is 10.3 Å². The topological polar surface area (TPSA) is 56.2 Å². The summed E-state index contributed by atoms with van der Waals surface area (Å²) in [7, 11) is 0. The Bertz CT molecular complexity index is 440. The smallest absolute Gasteiger partial charge is 0.256 e. The second-order valence-corrected chi connectivity index (χ2v) is 4.51. The molecule has 0 saturated carbocycles. The van der Waals surface area contributed by atoms with E-state index in [0.29, 0.717) is 19.7 Å². The van der Waals surface area contributed by atoms with E-state index in [1.807, 2.05) is 13.8 Å². The van der Waals surface area contributed by atoms with Gasteiger partial charge in [-0.3, -0.25) is 9.36 Å². The minimum Gasteiger partial charge on any atom is -0.377 e. The Hall–Kier alpha value is -1.20. The lowest BCUT2D eigenvalue weighted by Gasteiger charge is -2.17. The van der Waals surface area contributed by atoms with E-state index in [0.717, 1.165) is 24.2 Å². The Kier molecular flexibility index (Phi) is 3.91. The van der Waals surface area contributed by atoms with Crippen LogP contribution in [0, 0.1) is 0 Å². The number of rotatable bonds is 4. The number of nitrogens with zero attached hydrogens (tertiary/aromatic N) is 2. The summed E-state index contributed by atoms with van der Waals surface area (Å²) >= 11 is 0. The first-order valence-electron chi connectivity index (χ1n) is 6.08. The normalized spacial score (nSPS) is 15.0. The van der Waals surface area contributed by atoms with Gasteiger partial charge >= 0.3 is 0 Å². The summed E-state index contributed by atoms with van der Waals surface area (Å²) in [4.78, 5) is 16.5. The van der Waals surface area contributed by atoms with Gasteiger partial charge < -0.3 is 10.1 Å². The molecule has 0 spiro atoms. The molecule has 0 atom stereocenters. The standard InChI is InChI=1S/C12H19N3O2/c1-9(2)17-6-5-15-8-14-11-7-13-4-3-10(11)12(15)16/h8-9,13H,3-7H2,1-2H3. The van der Waals surface area contributed by atoms with Crippen molar-refractivity contribution in [2.75, 3.05) is 13.2 Å². The van der Waals surface area contributed by atoms with E-state index in [1.54, 1.807) is 10.9 Å². The number of fused-ring (bicyclic) bond motifs is 1. The highest BCUT2D eigenvalue weighted by atomic mass is 16.5. The molecule has 17 heavy (non-hydrogen) atoms. The third-order valence-corrected chi connectivity index (χ3v) is 2.85. The van der Waals surface area contributed by atoms with Crippen LogP contribution in [0.15, 0.2) is 11.1 Å². The first-order chi connectivity index (χ1) is 8.18. The Morgan fingerprint density at radius 2 is 2.41 bits per heavy atom. The van der Waals surface area contributed by atoms with Crippen LogP contribution in [0.5, 0.6) is 0 Å². The van der Waals surface area contributed by atoms with E-state index in [1.165, 1.54) is 0 Å². The van der Waals surface area contributed by atoms with Gasteiger partial charge in [-0.1, -0.05) is 0 Å². The van der Waals surface area contributed by atoms with Crippen molar-refractivity contribution in [3.05, 3.63) is 27.9 Å². The lowest BCUT2D eigenvalue weighted by molar-refractivity contribution is 0.0720. The van der Waals surface area contributed by atoms with Crippen LogP contribution in [0.3, 0.4) is 0 Å². The predicted molar refractivity (Wildman–Crippen MR) is 65.0 cm³/mol. The van der Waals surface area contributed by atoms with E-state index in [-0.39, 0.29) is 11.7 Å². The highest BCUT2D eigenvalue weighted by Gasteiger charge is 2.14. The van der Waals surface area contributed by atoms with Gasteiger partial charge in [0.2, 0.25) is 0 Å². The summed E-state index contributed by atoms with van der Waals surface area (Å²) in [5.41, 5.74) is 1.84. The summed E-state index contributed by atoms with van der Waals surface area (Å²) in [6, 6.07) is 0. The third kappa shape index (κ3) is 2.92. The number of aromatic nitrogens is 2. The molecule has 0 aliphatic carbocycles. The maximum Gasteiger partial charge on any atom is 0.256 e. The number of nitrogens with one attached hydrogen (secondary N) is 1. The van der Waals surface area contributed by atoms with Crippen molar-refractivity contribution in [3.8, 4) is 0 Å². The molecule has 0 bridgehead atoms. The summed E-state index contributed by atoms with van der Waals surface area (Å²) in [5, 5.41) is 3.21. The van der Waals surface area contributed by atoms with Crippen LogP contribution >= 0.6 is 0 Å². The lowest BCUT2D eigenvalue weighted by Crippen LogP contribution is -2.35. The van der Waals surface area contributed by atoms with Crippen LogP contribution in [0.1, 0.15) is 25.1 Å². The van der Waals surface area contributed by atoms with Crippen LogP contribution in [-0.4, -0.2) is 28.8 Å². The fourth-order valence-electron chi connectivity index (χ4n) is 1.94. The molecule has 94 valence electrons. The third-order valence-electron chi connectivity index (χ3n) is 2.85. The molecule has 0 unspecified atom stereocenters. The first-order valence-corrected chi connectivity index (χ1v) is 6.08. The highest BCUT2D eigenvalue weighted by molar-refractivity contribution is 5.19. The molecular weight excluding hydrogens is 218 g/mol. The van der Waals surface area contributed by atoms with Crippen molar-refractivity contribution in [1.82, 2.24) is 14.9 Å². The van der Waals surface area contributed by atoms with Crippen molar-refractivity contribution >= 4 is 0 Å². The van der Waals surface area contributed by atoms with E-state index in [9.17, 15) is 4.79 Å². The number of ether oxygens (including phenoxy) is 1. The summed E-state index contributed by atoms with van der Waals surface area (Å²) in [6.07, 6.45) is 2.59. The predicted octanol–water partition coefficient (Wildman–Crippen LogP) is 0.314. The molecule has 0 fully saturated rings. The van der Waals surface area contributed by atoms with Gasteiger partial charge in [0.1, 0.15) is 0 Å². The molecule has 1 N–H and O–H groups in total. The molecule has 0 radical (unpaired) electrons. The molecule has 2 rings (SSSR count). The molecule has 1 aromatic heterocycles. The van der Waals surface area contributed by atoms with Gasteiger partial charge in [0.05, 0.1) is 31.3 Å². The zero-order valence-electron chi connectivity index (χ0n) is 10.4. The van der Waals surface area contributed by atoms with Crippen molar-refractivity contribution in [2.24, 2.45) is 0 Å². The molecule has 0 aromatic carbocycles. The monoisotopic (exact) mass is 237 g/mol. The van der Waals surface area contributed by atoms with Crippen molar-refractivity contribution < 1.29 is 4.74 Å². The molecule has 0 saturated heterocycles. The minimum absolute atomic E-state index is 0.0869. The first kappa shape index (κ1) is 12.3. The maximum absolute atomic E-state index is 12.1. The molecule has 1 aliphatic heterocycles. The largest absolute Gasteiger partial charge is 0.377 e. The fourth-order valence-corrected chi connectivity index (χ4v) is 1.94. The summed E-state index contributed by atoms with van der Waals surface area (Å²) in [6.45, 7) is 6.66. The van der Waals surface area contributed by atoms with Crippen LogP contribution < -0.4 is 10.9 Å². The zero-order valence-corrected chi connectivity index (χ0v) is 10.4. The quantitative estimate of drug-likeness (QED) is 0.819. The minimum atomic E-state index is 0.0869. The molecule has 1 aromatic rings. The van der Waals surface area contributed by atoms with Crippen LogP contribution in [0.4, 0.5) is 0 Å². The highest BCUT2D eigenvalue weighted by Crippen LogP contribution is 2.05. The van der Waals surface area contributed by atoms with Crippen molar-refractivity contribution in [1.29, 1.82) is 0 Å². The second kappa shape index (κ2) is 5.42.